The van der Waals surface area contributed by atoms with Crippen LogP contribution < -0.4 is 15.8 Å². The molecule has 0 aliphatic carbocycles. The number of nitrogens with one attached hydrogen (secondary N) is 1. The number of halogens is 1. The number of anilines is 2. The molecule has 0 amide bonds. The molecular formula is C14H15FN2O. The predicted molar refractivity (Wildman–Crippen MR) is 70.6 cm³/mol. The maximum atomic E-state index is 13.1. The van der Waals surface area contributed by atoms with E-state index in [0.717, 1.165) is 22.7 Å². The van der Waals surface area contributed by atoms with Crippen molar-refractivity contribution < 1.29 is 9.13 Å². The molecule has 3 nitrogen and oxygen atoms in total. The number of nitrogens with two attached hydrogens (primary N) is 1. The summed E-state index contributed by atoms with van der Waals surface area (Å²) in [6, 6.07) is 12.0. The molecular weight excluding hydrogens is 231 g/mol. The van der Waals surface area contributed by atoms with Crippen LogP contribution in [0, 0.1) is 5.82 Å². The molecule has 0 aliphatic heterocycles. The van der Waals surface area contributed by atoms with Gasteiger partial charge in [0.15, 0.2) is 0 Å². The van der Waals surface area contributed by atoms with Crippen LogP contribution in [0.25, 0.3) is 0 Å². The second-order valence-corrected chi connectivity index (χ2v) is 3.83. The van der Waals surface area contributed by atoms with Crippen LogP contribution in [0.3, 0.4) is 0 Å². The minimum Gasteiger partial charge on any atom is -0.495 e. The Morgan fingerprint density at radius 1 is 1.17 bits per heavy atom. The predicted octanol–water partition coefficient (Wildman–Crippen LogP) is 3.04. The Hall–Kier alpha value is -2.07. The van der Waals surface area contributed by atoms with Crippen molar-refractivity contribution in [2.24, 2.45) is 5.73 Å². The van der Waals surface area contributed by atoms with Crippen LogP contribution in [0.15, 0.2) is 42.5 Å². The van der Waals surface area contributed by atoms with Gasteiger partial charge in [0.2, 0.25) is 0 Å². The van der Waals surface area contributed by atoms with Crippen molar-refractivity contribution in [3.05, 3.63) is 53.8 Å². The Bertz CT molecular complexity index is 543. The summed E-state index contributed by atoms with van der Waals surface area (Å²) in [6.07, 6.45) is 0. The monoisotopic (exact) mass is 246 g/mol. The molecule has 0 saturated carbocycles. The number of hydrogen-bond donors (Lipinski definition) is 2. The zero-order valence-electron chi connectivity index (χ0n) is 10.1. The van der Waals surface area contributed by atoms with Crippen LogP contribution in [0.1, 0.15) is 5.56 Å². The number of rotatable bonds is 4. The number of methoxy groups -OCH3 is 1. The summed E-state index contributed by atoms with van der Waals surface area (Å²) in [5.41, 5.74) is 7.93. The molecule has 0 heterocycles. The number of para-hydroxylation sites is 2. The summed E-state index contributed by atoms with van der Waals surface area (Å²) < 4.78 is 18.4. The van der Waals surface area contributed by atoms with E-state index in [4.69, 9.17) is 10.5 Å². The first-order valence-corrected chi connectivity index (χ1v) is 5.63. The van der Waals surface area contributed by atoms with E-state index in [1.165, 1.54) is 12.1 Å². The molecule has 0 spiro atoms. The molecule has 18 heavy (non-hydrogen) atoms. The smallest absolute Gasteiger partial charge is 0.142 e. The number of benzene rings is 2. The fourth-order valence-electron chi connectivity index (χ4n) is 1.75. The van der Waals surface area contributed by atoms with E-state index >= 15 is 0 Å². The van der Waals surface area contributed by atoms with Crippen molar-refractivity contribution in [2.45, 2.75) is 6.54 Å². The third kappa shape index (κ3) is 2.60. The van der Waals surface area contributed by atoms with E-state index in [9.17, 15) is 4.39 Å². The third-order valence-corrected chi connectivity index (χ3v) is 2.66. The maximum Gasteiger partial charge on any atom is 0.142 e. The summed E-state index contributed by atoms with van der Waals surface area (Å²) >= 11 is 0. The Balaban J connectivity index is 2.33. The molecule has 0 bridgehead atoms. The van der Waals surface area contributed by atoms with Crippen molar-refractivity contribution in [2.75, 3.05) is 12.4 Å². The summed E-state index contributed by atoms with van der Waals surface area (Å²) in [6.45, 7) is 0.273. The highest BCUT2D eigenvalue weighted by Crippen LogP contribution is 2.28. The van der Waals surface area contributed by atoms with Gasteiger partial charge in [-0.15, -0.1) is 0 Å². The molecule has 94 valence electrons. The van der Waals surface area contributed by atoms with Gasteiger partial charge in [-0.25, -0.2) is 4.39 Å². The number of ether oxygens (including phenoxy) is 1. The SMILES string of the molecule is COc1ccccc1Nc1ccc(F)cc1CN. The Morgan fingerprint density at radius 3 is 2.67 bits per heavy atom. The fraction of sp³-hybridized carbons (Fsp3) is 0.143. The zero-order chi connectivity index (χ0) is 13.0. The molecule has 2 rings (SSSR count). The molecule has 0 fully saturated rings. The van der Waals surface area contributed by atoms with Gasteiger partial charge in [0.1, 0.15) is 11.6 Å². The van der Waals surface area contributed by atoms with Crippen molar-refractivity contribution >= 4 is 11.4 Å². The quantitative estimate of drug-likeness (QED) is 0.871. The van der Waals surface area contributed by atoms with Gasteiger partial charge in [-0.3, -0.25) is 0 Å². The Morgan fingerprint density at radius 2 is 1.94 bits per heavy atom. The van der Waals surface area contributed by atoms with E-state index in [-0.39, 0.29) is 12.4 Å². The van der Waals surface area contributed by atoms with Gasteiger partial charge in [0.25, 0.3) is 0 Å². The maximum absolute atomic E-state index is 13.1. The highest BCUT2D eigenvalue weighted by Gasteiger charge is 2.06. The van der Waals surface area contributed by atoms with Crippen LogP contribution in [0.4, 0.5) is 15.8 Å². The van der Waals surface area contributed by atoms with Gasteiger partial charge in [-0.05, 0) is 35.9 Å². The number of hydrogen-bond acceptors (Lipinski definition) is 3. The highest BCUT2D eigenvalue weighted by atomic mass is 19.1. The van der Waals surface area contributed by atoms with Crippen molar-refractivity contribution in [1.29, 1.82) is 0 Å². The van der Waals surface area contributed by atoms with Crippen molar-refractivity contribution in [3.8, 4) is 5.75 Å². The minimum absolute atomic E-state index is 0.273. The Kier molecular flexibility index (Phi) is 3.79. The standard InChI is InChI=1S/C14H15FN2O/c1-18-14-5-3-2-4-13(14)17-12-7-6-11(15)8-10(12)9-16/h2-8,17H,9,16H2,1H3. The summed E-state index contributed by atoms with van der Waals surface area (Å²) in [5, 5.41) is 3.20. The third-order valence-electron chi connectivity index (χ3n) is 2.66. The Labute approximate surface area is 105 Å². The molecule has 2 aromatic carbocycles. The second-order valence-electron chi connectivity index (χ2n) is 3.83. The minimum atomic E-state index is -0.291. The van der Waals surface area contributed by atoms with Gasteiger partial charge in [-0.2, -0.15) is 0 Å². The average molecular weight is 246 g/mol. The van der Waals surface area contributed by atoms with Gasteiger partial charge in [0, 0.05) is 12.2 Å². The van der Waals surface area contributed by atoms with Gasteiger partial charge in [0.05, 0.1) is 12.8 Å². The molecule has 0 atom stereocenters. The summed E-state index contributed by atoms with van der Waals surface area (Å²) in [7, 11) is 1.61. The molecule has 3 N–H and O–H groups in total. The average Bonchev–Trinajstić information content (AvgIpc) is 2.41. The topological polar surface area (TPSA) is 47.3 Å². The van der Waals surface area contributed by atoms with Crippen LogP contribution in [-0.2, 0) is 6.54 Å². The summed E-state index contributed by atoms with van der Waals surface area (Å²) in [4.78, 5) is 0. The lowest BCUT2D eigenvalue weighted by atomic mass is 10.1. The molecule has 2 aromatic rings. The molecule has 4 heteroatoms. The molecule has 0 saturated heterocycles. The highest BCUT2D eigenvalue weighted by molar-refractivity contribution is 5.68. The van der Waals surface area contributed by atoms with Gasteiger partial charge < -0.3 is 15.8 Å². The lowest BCUT2D eigenvalue weighted by molar-refractivity contribution is 0.417. The van der Waals surface area contributed by atoms with Crippen LogP contribution in [-0.4, -0.2) is 7.11 Å². The lowest BCUT2D eigenvalue weighted by Gasteiger charge is -2.13. The normalized spacial score (nSPS) is 10.2. The molecule has 0 aliphatic rings. The van der Waals surface area contributed by atoms with Gasteiger partial charge in [-0.1, -0.05) is 12.1 Å². The lowest BCUT2D eigenvalue weighted by Crippen LogP contribution is -2.03. The molecule has 0 radical (unpaired) electrons. The molecule has 0 unspecified atom stereocenters. The fourth-order valence-corrected chi connectivity index (χ4v) is 1.75. The van der Waals surface area contributed by atoms with E-state index in [0.29, 0.717) is 0 Å². The van der Waals surface area contributed by atoms with E-state index in [1.54, 1.807) is 13.2 Å². The van der Waals surface area contributed by atoms with Crippen molar-refractivity contribution in [1.82, 2.24) is 0 Å². The first kappa shape index (κ1) is 12.4. The van der Waals surface area contributed by atoms with Crippen molar-refractivity contribution in [3.63, 3.8) is 0 Å². The van der Waals surface area contributed by atoms with E-state index in [1.807, 2.05) is 24.3 Å². The first-order valence-electron chi connectivity index (χ1n) is 5.63. The summed E-state index contributed by atoms with van der Waals surface area (Å²) in [5.74, 6) is 0.436. The second kappa shape index (κ2) is 5.51. The zero-order valence-corrected chi connectivity index (χ0v) is 10.1. The van der Waals surface area contributed by atoms with Crippen LogP contribution in [0.5, 0.6) is 5.75 Å². The van der Waals surface area contributed by atoms with Gasteiger partial charge >= 0.3 is 0 Å². The molecule has 0 aromatic heterocycles. The first-order chi connectivity index (χ1) is 8.74. The van der Waals surface area contributed by atoms with E-state index < -0.39 is 0 Å². The van der Waals surface area contributed by atoms with Crippen LogP contribution >= 0.6 is 0 Å². The van der Waals surface area contributed by atoms with E-state index in [2.05, 4.69) is 5.32 Å². The van der Waals surface area contributed by atoms with Crippen LogP contribution in [0.2, 0.25) is 0 Å². The largest absolute Gasteiger partial charge is 0.495 e.